The predicted molar refractivity (Wildman–Crippen MR) is 64.5 cm³/mol. The first-order valence-electron chi connectivity index (χ1n) is 4.50. The highest BCUT2D eigenvalue weighted by atomic mass is 33.1. The highest BCUT2D eigenvalue weighted by Crippen LogP contribution is 2.34. The Bertz CT molecular complexity index is 279. The van der Waals surface area contributed by atoms with Crippen molar-refractivity contribution in [2.75, 3.05) is 0 Å². The lowest BCUT2D eigenvalue weighted by molar-refractivity contribution is 1.12. The number of hydrogen-bond acceptors (Lipinski definition) is 2. The van der Waals surface area contributed by atoms with Crippen molar-refractivity contribution in [2.45, 2.75) is 37.8 Å². The normalized spacial score (nSPS) is 10.8. The van der Waals surface area contributed by atoms with Crippen molar-refractivity contribution in [1.29, 1.82) is 0 Å². The van der Waals surface area contributed by atoms with Gasteiger partial charge in [0.2, 0.25) is 0 Å². The summed E-state index contributed by atoms with van der Waals surface area (Å²) >= 11 is 0. The highest BCUT2D eigenvalue weighted by Gasteiger charge is 1.99. The fourth-order valence-electron chi connectivity index (χ4n) is 0.918. The molecule has 0 radical (unpaired) electrons. The van der Waals surface area contributed by atoms with Gasteiger partial charge in [0, 0.05) is 10.1 Å². The zero-order valence-electron chi connectivity index (χ0n) is 8.63. The van der Waals surface area contributed by atoms with Gasteiger partial charge in [-0.1, -0.05) is 41.5 Å². The monoisotopic (exact) mass is 212 g/mol. The van der Waals surface area contributed by atoms with Crippen molar-refractivity contribution >= 4 is 21.6 Å². The fourth-order valence-corrected chi connectivity index (χ4v) is 2.79. The summed E-state index contributed by atoms with van der Waals surface area (Å²) in [6.45, 7) is 8.76. The second kappa shape index (κ2) is 4.97. The Labute approximate surface area is 88.9 Å². The van der Waals surface area contributed by atoms with E-state index in [1.54, 1.807) is 0 Å². The molecule has 72 valence electrons. The van der Waals surface area contributed by atoms with E-state index in [9.17, 15) is 0 Å². The minimum Gasteiger partial charge on any atom is -0.0861 e. The van der Waals surface area contributed by atoms with Crippen LogP contribution in [0.3, 0.4) is 0 Å². The van der Waals surface area contributed by atoms with Gasteiger partial charge in [0.1, 0.15) is 0 Å². The molecule has 0 bridgehead atoms. The molecule has 0 fully saturated rings. The molecule has 0 aliphatic carbocycles. The molecule has 0 aliphatic heterocycles. The standard InChI is InChI=1S/C11H16S2/c1-8(2)12-13-11-6-5-9(3)10(4)7-11/h5-8H,1-4H3. The van der Waals surface area contributed by atoms with Crippen molar-refractivity contribution in [1.82, 2.24) is 0 Å². The van der Waals surface area contributed by atoms with E-state index in [0.717, 1.165) is 0 Å². The van der Waals surface area contributed by atoms with E-state index in [1.165, 1.54) is 16.0 Å². The number of benzene rings is 1. The van der Waals surface area contributed by atoms with Crippen LogP contribution in [0.1, 0.15) is 25.0 Å². The molecular weight excluding hydrogens is 196 g/mol. The third-order valence-electron chi connectivity index (χ3n) is 1.82. The average Bonchev–Trinajstić information content (AvgIpc) is 2.07. The van der Waals surface area contributed by atoms with E-state index in [4.69, 9.17) is 0 Å². The molecule has 0 aromatic heterocycles. The molecule has 0 heterocycles. The Balaban J connectivity index is 2.63. The van der Waals surface area contributed by atoms with E-state index in [1.807, 2.05) is 21.6 Å². The lowest BCUT2D eigenvalue weighted by Crippen LogP contribution is -1.83. The summed E-state index contributed by atoms with van der Waals surface area (Å²) in [6, 6.07) is 6.65. The summed E-state index contributed by atoms with van der Waals surface area (Å²) in [6.07, 6.45) is 0. The van der Waals surface area contributed by atoms with Gasteiger partial charge in [0.25, 0.3) is 0 Å². The van der Waals surface area contributed by atoms with Crippen LogP contribution < -0.4 is 0 Å². The van der Waals surface area contributed by atoms with Crippen molar-refractivity contribution < 1.29 is 0 Å². The molecule has 0 nitrogen and oxygen atoms in total. The van der Waals surface area contributed by atoms with Crippen LogP contribution in [0.15, 0.2) is 23.1 Å². The number of aryl methyl sites for hydroxylation is 2. The van der Waals surface area contributed by atoms with Crippen molar-refractivity contribution in [2.24, 2.45) is 0 Å². The van der Waals surface area contributed by atoms with E-state index in [0.29, 0.717) is 5.25 Å². The van der Waals surface area contributed by atoms with Crippen LogP contribution >= 0.6 is 21.6 Å². The van der Waals surface area contributed by atoms with Crippen molar-refractivity contribution in [3.05, 3.63) is 29.3 Å². The van der Waals surface area contributed by atoms with Gasteiger partial charge in [-0.05, 0) is 37.1 Å². The zero-order valence-corrected chi connectivity index (χ0v) is 10.3. The van der Waals surface area contributed by atoms with Gasteiger partial charge >= 0.3 is 0 Å². The van der Waals surface area contributed by atoms with Gasteiger partial charge < -0.3 is 0 Å². The van der Waals surface area contributed by atoms with E-state index in [2.05, 4.69) is 45.9 Å². The number of hydrogen-bond donors (Lipinski definition) is 0. The van der Waals surface area contributed by atoms with Crippen LogP contribution in [0.2, 0.25) is 0 Å². The smallest absolute Gasteiger partial charge is 0.0185 e. The molecular formula is C11H16S2. The predicted octanol–water partition coefficient (Wildman–Crippen LogP) is 4.45. The summed E-state index contributed by atoms with van der Waals surface area (Å²) in [7, 11) is 3.78. The van der Waals surface area contributed by atoms with E-state index >= 15 is 0 Å². The maximum Gasteiger partial charge on any atom is 0.0185 e. The van der Waals surface area contributed by atoms with Gasteiger partial charge in [0.15, 0.2) is 0 Å². The molecule has 0 amide bonds. The molecule has 1 aromatic rings. The van der Waals surface area contributed by atoms with Crippen LogP contribution in [-0.4, -0.2) is 5.25 Å². The molecule has 1 rings (SSSR count). The molecule has 0 aliphatic rings. The molecule has 0 N–H and O–H groups in total. The van der Waals surface area contributed by atoms with E-state index < -0.39 is 0 Å². The van der Waals surface area contributed by atoms with Gasteiger partial charge in [-0.3, -0.25) is 0 Å². The van der Waals surface area contributed by atoms with Crippen LogP contribution in [0.25, 0.3) is 0 Å². The zero-order chi connectivity index (χ0) is 9.84. The van der Waals surface area contributed by atoms with Crippen LogP contribution in [0.5, 0.6) is 0 Å². The van der Waals surface area contributed by atoms with Crippen LogP contribution in [-0.2, 0) is 0 Å². The first-order valence-corrected chi connectivity index (χ1v) is 6.71. The topological polar surface area (TPSA) is 0 Å². The molecule has 0 saturated heterocycles. The van der Waals surface area contributed by atoms with Crippen molar-refractivity contribution in [3.63, 3.8) is 0 Å². The lowest BCUT2D eigenvalue weighted by Gasteiger charge is -2.05. The summed E-state index contributed by atoms with van der Waals surface area (Å²) < 4.78 is 0. The first-order chi connectivity index (χ1) is 6.09. The van der Waals surface area contributed by atoms with Crippen LogP contribution in [0, 0.1) is 13.8 Å². The van der Waals surface area contributed by atoms with Gasteiger partial charge in [-0.15, -0.1) is 0 Å². The molecule has 0 spiro atoms. The Morgan fingerprint density at radius 1 is 1.08 bits per heavy atom. The lowest BCUT2D eigenvalue weighted by atomic mass is 10.1. The quantitative estimate of drug-likeness (QED) is 0.679. The third kappa shape index (κ3) is 3.65. The summed E-state index contributed by atoms with van der Waals surface area (Å²) in [5.74, 6) is 0. The Hall–Kier alpha value is -0.0800. The highest BCUT2D eigenvalue weighted by molar-refractivity contribution is 8.76. The first kappa shape index (κ1) is 11.0. The fraction of sp³-hybridized carbons (Fsp3) is 0.455. The van der Waals surface area contributed by atoms with Gasteiger partial charge in [0.05, 0.1) is 0 Å². The second-order valence-corrected chi connectivity index (χ2v) is 6.33. The van der Waals surface area contributed by atoms with Crippen LogP contribution in [0.4, 0.5) is 0 Å². The second-order valence-electron chi connectivity index (χ2n) is 3.47. The molecule has 0 saturated carbocycles. The Morgan fingerprint density at radius 3 is 2.31 bits per heavy atom. The average molecular weight is 212 g/mol. The molecule has 13 heavy (non-hydrogen) atoms. The maximum atomic E-state index is 2.26. The minimum atomic E-state index is 0.687. The van der Waals surface area contributed by atoms with Gasteiger partial charge in [-0.25, -0.2) is 0 Å². The molecule has 1 aromatic carbocycles. The van der Waals surface area contributed by atoms with Gasteiger partial charge in [-0.2, -0.15) is 0 Å². The third-order valence-corrected chi connectivity index (χ3v) is 4.76. The SMILES string of the molecule is Cc1ccc(SSC(C)C)cc1C. The Kier molecular flexibility index (Phi) is 4.20. The summed E-state index contributed by atoms with van der Waals surface area (Å²) in [5, 5.41) is 0.687. The Morgan fingerprint density at radius 2 is 1.77 bits per heavy atom. The molecule has 0 unspecified atom stereocenters. The number of rotatable bonds is 3. The van der Waals surface area contributed by atoms with E-state index in [-0.39, 0.29) is 0 Å². The molecule has 2 heteroatoms. The summed E-state index contributed by atoms with van der Waals surface area (Å²) in [5.41, 5.74) is 2.76. The summed E-state index contributed by atoms with van der Waals surface area (Å²) in [4.78, 5) is 1.36. The van der Waals surface area contributed by atoms with Crippen molar-refractivity contribution in [3.8, 4) is 0 Å². The maximum absolute atomic E-state index is 2.26. The minimum absolute atomic E-state index is 0.687. The molecule has 0 atom stereocenters. The largest absolute Gasteiger partial charge is 0.0861 e.